The van der Waals surface area contributed by atoms with Crippen molar-refractivity contribution in [2.24, 2.45) is 0 Å². The third-order valence-electron chi connectivity index (χ3n) is 4.66. The zero-order chi connectivity index (χ0) is 21.4. The number of amides is 1. The standard InChI is InChI=1S/C23H23ClN2O3S/c24-20-12-7-13-21(16-20)30(28,29)26-15-14-23(27)25-17-22(18-8-3-1-4-9-18)19-10-5-2-6-11-19/h1-13,16,22,26H,14-15,17H2,(H,25,27). The highest BCUT2D eigenvalue weighted by molar-refractivity contribution is 7.89. The fourth-order valence-electron chi connectivity index (χ4n) is 3.12. The highest BCUT2D eigenvalue weighted by Crippen LogP contribution is 2.23. The lowest BCUT2D eigenvalue weighted by Gasteiger charge is -2.19. The highest BCUT2D eigenvalue weighted by Gasteiger charge is 2.17. The van der Waals surface area contributed by atoms with Crippen LogP contribution in [0.3, 0.4) is 0 Å². The molecular formula is C23H23ClN2O3S. The molecule has 0 heterocycles. The van der Waals surface area contributed by atoms with E-state index in [-0.39, 0.29) is 29.7 Å². The van der Waals surface area contributed by atoms with Crippen LogP contribution < -0.4 is 10.0 Å². The van der Waals surface area contributed by atoms with Crippen LogP contribution in [0.2, 0.25) is 5.02 Å². The van der Waals surface area contributed by atoms with E-state index in [1.807, 2.05) is 60.7 Å². The van der Waals surface area contributed by atoms with Gasteiger partial charge in [-0.3, -0.25) is 4.79 Å². The van der Waals surface area contributed by atoms with Crippen molar-refractivity contribution in [1.82, 2.24) is 10.0 Å². The minimum absolute atomic E-state index is 0.00200. The quantitative estimate of drug-likeness (QED) is 0.526. The third kappa shape index (κ3) is 6.16. The van der Waals surface area contributed by atoms with E-state index in [2.05, 4.69) is 10.0 Å². The monoisotopic (exact) mass is 442 g/mol. The van der Waals surface area contributed by atoms with Crippen LogP contribution in [-0.4, -0.2) is 27.4 Å². The van der Waals surface area contributed by atoms with E-state index in [1.54, 1.807) is 12.1 Å². The summed E-state index contributed by atoms with van der Waals surface area (Å²) < 4.78 is 27.0. The topological polar surface area (TPSA) is 75.3 Å². The summed E-state index contributed by atoms with van der Waals surface area (Å²) in [7, 11) is -3.71. The Morgan fingerprint density at radius 1 is 0.867 bits per heavy atom. The van der Waals surface area contributed by atoms with Crippen LogP contribution in [0.4, 0.5) is 0 Å². The van der Waals surface area contributed by atoms with Crippen molar-refractivity contribution in [1.29, 1.82) is 0 Å². The molecule has 1 amide bonds. The Hall–Kier alpha value is -2.67. The summed E-state index contributed by atoms with van der Waals surface area (Å²) in [6.45, 7) is 0.427. The van der Waals surface area contributed by atoms with E-state index < -0.39 is 10.0 Å². The van der Waals surface area contributed by atoms with Gasteiger partial charge in [-0.15, -0.1) is 0 Å². The van der Waals surface area contributed by atoms with E-state index in [4.69, 9.17) is 11.6 Å². The Bertz CT molecular complexity index is 1030. The van der Waals surface area contributed by atoms with Crippen molar-refractivity contribution >= 4 is 27.5 Å². The maximum atomic E-state index is 12.3. The van der Waals surface area contributed by atoms with Crippen molar-refractivity contribution in [3.63, 3.8) is 0 Å². The van der Waals surface area contributed by atoms with Gasteiger partial charge in [-0.2, -0.15) is 0 Å². The molecule has 0 radical (unpaired) electrons. The fourth-order valence-corrected chi connectivity index (χ4v) is 4.45. The minimum atomic E-state index is -3.71. The Kier molecular flexibility index (Phi) is 7.63. The van der Waals surface area contributed by atoms with Crippen LogP contribution in [0.15, 0.2) is 89.8 Å². The molecule has 0 saturated carbocycles. The summed E-state index contributed by atoms with van der Waals surface area (Å²) in [5.74, 6) is -0.208. The molecule has 0 atom stereocenters. The molecule has 0 aromatic heterocycles. The van der Waals surface area contributed by atoms with E-state index >= 15 is 0 Å². The molecule has 3 rings (SSSR count). The maximum Gasteiger partial charge on any atom is 0.240 e. The number of nitrogens with one attached hydrogen (secondary N) is 2. The van der Waals surface area contributed by atoms with E-state index in [0.29, 0.717) is 11.6 Å². The van der Waals surface area contributed by atoms with Crippen LogP contribution in [0.25, 0.3) is 0 Å². The van der Waals surface area contributed by atoms with Crippen molar-refractivity contribution in [2.75, 3.05) is 13.1 Å². The number of sulfonamides is 1. The van der Waals surface area contributed by atoms with E-state index in [0.717, 1.165) is 11.1 Å². The second-order valence-electron chi connectivity index (χ2n) is 6.78. The highest BCUT2D eigenvalue weighted by atomic mass is 35.5. The number of rotatable bonds is 9. The zero-order valence-corrected chi connectivity index (χ0v) is 17.9. The Balaban J connectivity index is 1.56. The summed E-state index contributed by atoms with van der Waals surface area (Å²) in [6.07, 6.45) is 0.0378. The second-order valence-corrected chi connectivity index (χ2v) is 8.99. The molecule has 156 valence electrons. The zero-order valence-electron chi connectivity index (χ0n) is 16.3. The molecule has 0 unspecified atom stereocenters. The van der Waals surface area contributed by atoms with Crippen LogP contribution >= 0.6 is 11.6 Å². The third-order valence-corrected chi connectivity index (χ3v) is 6.35. The van der Waals surface area contributed by atoms with Gasteiger partial charge in [0, 0.05) is 30.5 Å². The van der Waals surface area contributed by atoms with Crippen LogP contribution in [-0.2, 0) is 14.8 Å². The molecule has 5 nitrogen and oxygen atoms in total. The molecule has 0 aliphatic carbocycles. The molecule has 0 bridgehead atoms. The first kappa shape index (κ1) is 22.0. The van der Waals surface area contributed by atoms with Gasteiger partial charge in [0.15, 0.2) is 0 Å². The first-order chi connectivity index (χ1) is 14.5. The van der Waals surface area contributed by atoms with Gasteiger partial charge in [0.25, 0.3) is 0 Å². The molecule has 0 aliphatic heterocycles. The van der Waals surface area contributed by atoms with Crippen molar-refractivity contribution in [3.05, 3.63) is 101 Å². The first-order valence-corrected chi connectivity index (χ1v) is 11.4. The molecule has 0 saturated heterocycles. The largest absolute Gasteiger partial charge is 0.355 e. The molecule has 7 heteroatoms. The van der Waals surface area contributed by atoms with Gasteiger partial charge in [-0.25, -0.2) is 13.1 Å². The van der Waals surface area contributed by atoms with Crippen LogP contribution in [0.1, 0.15) is 23.5 Å². The molecule has 0 spiro atoms. The lowest BCUT2D eigenvalue weighted by atomic mass is 9.91. The molecule has 0 fully saturated rings. The minimum Gasteiger partial charge on any atom is -0.355 e. The molecule has 2 N–H and O–H groups in total. The predicted molar refractivity (Wildman–Crippen MR) is 119 cm³/mol. The van der Waals surface area contributed by atoms with Gasteiger partial charge in [0.05, 0.1) is 4.90 Å². The molecule has 3 aromatic carbocycles. The maximum absolute atomic E-state index is 12.3. The second kappa shape index (κ2) is 10.4. The van der Waals surface area contributed by atoms with Gasteiger partial charge in [0.2, 0.25) is 15.9 Å². The van der Waals surface area contributed by atoms with Crippen molar-refractivity contribution < 1.29 is 13.2 Å². The number of carbonyl (C=O) groups is 1. The number of hydrogen-bond acceptors (Lipinski definition) is 3. The van der Waals surface area contributed by atoms with Crippen molar-refractivity contribution in [2.45, 2.75) is 17.2 Å². The number of carbonyl (C=O) groups excluding carboxylic acids is 1. The van der Waals surface area contributed by atoms with Gasteiger partial charge >= 0.3 is 0 Å². The molecule has 3 aromatic rings. The number of hydrogen-bond donors (Lipinski definition) is 2. The SMILES string of the molecule is O=C(CCNS(=O)(=O)c1cccc(Cl)c1)NCC(c1ccccc1)c1ccccc1. The van der Waals surface area contributed by atoms with Gasteiger partial charge in [-0.05, 0) is 29.3 Å². The van der Waals surface area contributed by atoms with Gasteiger partial charge in [0.1, 0.15) is 0 Å². The smallest absolute Gasteiger partial charge is 0.240 e. The fraction of sp³-hybridized carbons (Fsp3) is 0.174. The van der Waals surface area contributed by atoms with E-state index in [9.17, 15) is 13.2 Å². The molecule has 0 aliphatic rings. The summed E-state index contributed by atoms with van der Waals surface area (Å²) in [6, 6.07) is 25.9. The summed E-state index contributed by atoms with van der Waals surface area (Å²) in [4.78, 5) is 12.4. The Morgan fingerprint density at radius 3 is 2.03 bits per heavy atom. The lowest BCUT2D eigenvalue weighted by molar-refractivity contribution is -0.120. The lowest BCUT2D eigenvalue weighted by Crippen LogP contribution is -2.33. The molecule has 30 heavy (non-hydrogen) atoms. The summed E-state index contributed by atoms with van der Waals surface area (Å²) in [5, 5.41) is 3.26. The van der Waals surface area contributed by atoms with E-state index in [1.165, 1.54) is 12.1 Å². The average Bonchev–Trinajstić information content (AvgIpc) is 2.75. The molecular weight excluding hydrogens is 420 g/mol. The van der Waals surface area contributed by atoms with Gasteiger partial charge < -0.3 is 5.32 Å². The van der Waals surface area contributed by atoms with Crippen molar-refractivity contribution in [3.8, 4) is 0 Å². The summed E-state index contributed by atoms with van der Waals surface area (Å²) >= 11 is 5.85. The number of benzene rings is 3. The average molecular weight is 443 g/mol. The predicted octanol–water partition coefficient (Wildman–Crippen LogP) is 3.96. The summed E-state index contributed by atoms with van der Waals surface area (Å²) in [5.41, 5.74) is 2.20. The van der Waals surface area contributed by atoms with Crippen LogP contribution in [0, 0.1) is 0 Å². The first-order valence-electron chi connectivity index (χ1n) is 9.57. The van der Waals surface area contributed by atoms with Crippen LogP contribution in [0.5, 0.6) is 0 Å². The Labute approximate surface area is 182 Å². The normalized spacial score (nSPS) is 11.4. The van der Waals surface area contributed by atoms with Gasteiger partial charge in [-0.1, -0.05) is 78.3 Å². The Morgan fingerprint density at radius 2 is 1.47 bits per heavy atom. The number of halogens is 1.